The van der Waals surface area contributed by atoms with E-state index in [1.165, 1.54) is 24.3 Å². The molecule has 0 saturated carbocycles. The van der Waals surface area contributed by atoms with E-state index in [1.807, 2.05) is 0 Å². The summed E-state index contributed by atoms with van der Waals surface area (Å²) in [6, 6.07) is 9.78. The Labute approximate surface area is 169 Å². The van der Waals surface area contributed by atoms with Crippen molar-refractivity contribution < 1.29 is 51.8 Å². The Bertz CT molecular complexity index is 1100. The van der Waals surface area contributed by atoms with Crippen LogP contribution in [0.3, 0.4) is 0 Å². The van der Waals surface area contributed by atoms with E-state index in [4.69, 9.17) is 19.7 Å². The molecule has 0 spiro atoms. The number of carboxylic acids is 2. The van der Waals surface area contributed by atoms with Gasteiger partial charge in [0.2, 0.25) is 0 Å². The third-order valence-corrected chi connectivity index (χ3v) is 4.72. The predicted octanol–water partition coefficient (Wildman–Crippen LogP) is 1.24. The fraction of sp³-hybridized carbons (Fsp3) is 0.111. The molecule has 0 bridgehead atoms. The summed E-state index contributed by atoms with van der Waals surface area (Å²) in [5.74, 6) is -6.78. The summed E-state index contributed by atoms with van der Waals surface area (Å²) < 4.78 is 42.0. The zero-order chi connectivity index (χ0) is 22.5. The van der Waals surface area contributed by atoms with Gasteiger partial charge < -0.3 is 19.7 Å². The average Bonchev–Trinajstić information content (AvgIpc) is 2.65. The van der Waals surface area contributed by atoms with Crippen LogP contribution in [-0.2, 0) is 19.7 Å². The van der Waals surface area contributed by atoms with E-state index in [1.54, 1.807) is 0 Å². The van der Waals surface area contributed by atoms with Crippen LogP contribution in [0.1, 0.15) is 27.1 Å². The van der Waals surface area contributed by atoms with Crippen molar-refractivity contribution in [2.45, 2.75) is 11.7 Å². The van der Waals surface area contributed by atoms with Gasteiger partial charge in [-0.3, -0.25) is 14.1 Å². The van der Waals surface area contributed by atoms with Crippen molar-refractivity contribution in [2.24, 2.45) is 0 Å². The van der Waals surface area contributed by atoms with Crippen molar-refractivity contribution in [3.63, 3.8) is 0 Å². The Morgan fingerprint density at radius 3 is 1.67 bits per heavy atom. The second-order valence-electron chi connectivity index (χ2n) is 5.71. The Hall–Kier alpha value is -3.77. The molecule has 12 heteroatoms. The molecule has 2 rings (SSSR count). The monoisotopic (exact) mass is 438 g/mol. The molecule has 0 amide bonds. The summed E-state index contributed by atoms with van der Waals surface area (Å²) in [4.78, 5) is 46.6. The zero-order valence-electron chi connectivity index (χ0n) is 14.9. The summed E-state index contributed by atoms with van der Waals surface area (Å²) in [5.41, 5.74) is -0.856. The maximum atomic E-state index is 12.2. The highest BCUT2D eigenvalue weighted by Gasteiger charge is 2.37. The number of carboxylic acid groups (broad SMARTS) is 2. The fourth-order valence-corrected chi connectivity index (χ4v) is 2.90. The summed E-state index contributed by atoms with van der Waals surface area (Å²) >= 11 is 0. The Morgan fingerprint density at radius 1 is 0.800 bits per heavy atom. The molecular formula is C18H14O11S. The van der Waals surface area contributed by atoms with Gasteiger partial charge in [0.25, 0.3) is 10.1 Å². The van der Waals surface area contributed by atoms with Crippen LogP contribution in [0.15, 0.2) is 48.5 Å². The summed E-state index contributed by atoms with van der Waals surface area (Å²) in [6.07, 6.45) is -1.22. The molecule has 2 aromatic rings. The normalized spacial score (nSPS) is 11.9. The predicted molar refractivity (Wildman–Crippen MR) is 98.0 cm³/mol. The lowest BCUT2D eigenvalue weighted by atomic mass is 10.2. The molecule has 0 saturated heterocycles. The molecule has 0 heterocycles. The summed E-state index contributed by atoms with van der Waals surface area (Å²) in [5, 5.41) is 15.7. The number of carbonyl (C=O) groups is 4. The first kappa shape index (κ1) is 22.5. The molecule has 2 aromatic carbocycles. The number of aromatic carboxylic acids is 2. The summed E-state index contributed by atoms with van der Waals surface area (Å²) in [6.45, 7) is 0. The van der Waals surface area contributed by atoms with Gasteiger partial charge in [0.15, 0.2) is 5.25 Å². The lowest BCUT2D eigenvalue weighted by molar-refractivity contribution is -0.140. The van der Waals surface area contributed by atoms with Crippen LogP contribution in [0.5, 0.6) is 11.5 Å². The Kier molecular flexibility index (Phi) is 6.87. The molecule has 1 atom stereocenters. The Morgan fingerprint density at radius 2 is 1.23 bits per heavy atom. The number of benzene rings is 2. The molecule has 158 valence electrons. The molecule has 11 nitrogen and oxygen atoms in total. The van der Waals surface area contributed by atoms with Crippen molar-refractivity contribution in [3.8, 4) is 11.5 Å². The molecule has 0 aromatic heterocycles. The van der Waals surface area contributed by atoms with E-state index in [0.29, 0.717) is 0 Å². The van der Waals surface area contributed by atoms with E-state index >= 15 is 0 Å². The number of para-hydroxylation sites is 2. The Balaban J connectivity index is 2.23. The minimum atomic E-state index is -5.17. The van der Waals surface area contributed by atoms with E-state index < -0.39 is 68.3 Å². The number of esters is 2. The van der Waals surface area contributed by atoms with Gasteiger partial charge in [0.05, 0.1) is 6.42 Å². The van der Waals surface area contributed by atoms with E-state index in [9.17, 15) is 32.1 Å². The first-order chi connectivity index (χ1) is 14.0. The third-order valence-electron chi connectivity index (χ3n) is 3.64. The minimum Gasteiger partial charge on any atom is -0.478 e. The average molecular weight is 438 g/mol. The van der Waals surface area contributed by atoms with Gasteiger partial charge in [-0.2, -0.15) is 8.42 Å². The second kappa shape index (κ2) is 9.15. The topological polar surface area (TPSA) is 182 Å². The first-order valence-corrected chi connectivity index (χ1v) is 9.54. The maximum Gasteiger partial charge on any atom is 0.339 e. The molecular weight excluding hydrogens is 424 g/mol. The number of hydrogen-bond donors (Lipinski definition) is 3. The molecule has 1 unspecified atom stereocenters. The van der Waals surface area contributed by atoms with Crippen LogP contribution in [0.4, 0.5) is 0 Å². The van der Waals surface area contributed by atoms with Crippen LogP contribution in [-0.4, -0.2) is 52.3 Å². The lowest BCUT2D eigenvalue weighted by Gasteiger charge is -2.14. The smallest absolute Gasteiger partial charge is 0.339 e. The second-order valence-corrected chi connectivity index (χ2v) is 7.30. The van der Waals surface area contributed by atoms with Gasteiger partial charge in [0.1, 0.15) is 22.6 Å². The van der Waals surface area contributed by atoms with Crippen LogP contribution in [0.25, 0.3) is 0 Å². The number of carbonyl (C=O) groups excluding carboxylic acids is 2. The van der Waals surface area contributed by atoms with Gasteiger partial charge in [0, 0.05) is 0 Å². The maximum absolute atomic E-state index is 12.2. The van der Waals surface area contributed by atoms with Crippen LogP contribution in [0.2, 0.25) is 0 Å². The van der Waals surface area contributed by atoms with E-state index in [2.05, 4.69) is 0 Å². The van der Waals surface area contributed by atoms with Gasteiger partial charge in [-0.25, -0.2) is 9.59 Å². The largest absolute Gasteiger partial charge is 0.478 e. The minimum absolute atomic E-state index is 0.396. The molecule has 0 aliphatic heterocycles. The molecule has 0 aliphatic rings. The highest BCUT2D eigenvalue weighted by molar-refractivity contribution is 7.87. The third kappa shape index (κ3) is 5.62. The number of hydrogen-bond acceptors (Lipinski definition) is 8. The first-order valence-electron chi connectivity index (χ1n) is 8.04. The zero-order valence-corrected chi connectivity index (χ0v) is 15.7. The van der Waals surface area contributed by atoms with Crippen molar-refractivity contribution in [2.75, 3.05) is 0 Å². The van der Waals surface area contributed by atoms with Crippen LogP contribution >= 0.6 is 0 Å². The quantitative estimate of drug-likeness (QED) is 0.306. The fourth-order valence-electron chi connectivity index (χ4n) is 2.26. The van der Waals surface area contributed by atoms with Crippen molar-refractivity contribution in [1.29, 1.82) is 0 Å². The number of ether oxygens (including phenoxy) is 2. The van der Waals surface area contributed by atoms with Gasteiger partial charge in [-0.05, 0) is 24.3 Å². The van der Waals surface area contributed by atoms with Crippen molar-refractivity contribution in [3.05, 3.63) is 59.7 Å². The molecule has 3 N–H and O–H groups in total. The number of rotatable bonds is 8. The van der Waals surface area contributed by atoms with Gasteiger partial charge in [-0.15, -0.1) is 0 Å². The molecule has 30 heavy (non-hydrogen) atoms. The van der Waals surface area contributed by atoms with E-state index in [-0.39, 0.29) is 0 Å². The highest BCUT2D eigenvalue weighted by Crippen LogP contribution is 2.22. The molecule has 0 aliphatic carbocycles. The van der Waals surface area contributed by atoms with Gasteiger partial charge in [-0.1, -0.05) is 24.3 Å². The van der Waals surface area contributed by atoms with Crippen LogP contribution in [0, 0.1) is 0 Å². The van der Waals surface area contributed by atoms with Crippen LogP contribution < -0.4 is 9.47 Å². The molecule has 0 radical (unpaired) electrons. The SMILES string of the molecule is O=C(CC(C(=O)Oc1ccccc1C(=O)O)S(=O)(=O)O)Oc1ccccc1C(=O)O. The van der Waals surface area contributed by atoms with Crippen molar-refractivity contribution >= 4 is 34.0 Å². The molecule has 0 fully saturated rings. The van der Waals surface area contributed by atoms with E-state index in [0.717, 1.165) is 24.3 Å². The highest BCUT2D eigenvalue weighted by atomic mass is 32.2. The van der Waals surface area contributed by atoms with Crippen molar-refractivity contribution in [1.82, 2.24) is 0 Å². The summed E-state index contributed by atoms with van der Waals surface area (Å²) in [7, 11) is -5.17. The standard InChI is InChI=1S/C18H14O11S/c19-15(28-12-7-3-1-5-10(12)16(20)21)9-14(30(25,26)27)18(24)29-13-8-4-2-6-11(13)17(22)23/h1-8,14H,9H2,(H,20,21)(H,22,23)(H,25,26,27). The van der Waals surface area contributed by atoms with Gasteiger partial charge >= 0.3 is 23.9 Å². The lowest BCUT2D eigenvalue weighted by Crippen LogP contribution is -2.36.